The average molecular weight is 503 g/mol. The van der Waals surface area contributed by atoms with Gasteiger partial charge in [0.2, 0.25) is 0 Å². The predicted octanol–water partition coefficient (Wildman–Crippen LogP) is 3.99. The molecule has 0 saturated heterocycles. The molecule has 0 aliphatic carbocycles. The Balaban J connectivity index is 1.67. The van der Waals surface area contributed by atoms with Crippen molar-refractivity contribution < 1.29 is 13.5 Å². The highest BCUT2D eigenvalue weighted by molar-refractivity contribution is 5.79. The molecule has 0 spiro atoms. The van der Waals surface area contributed by atoms with Gasteiger partial charge in [0.1, 0.15) is 17.6 Å². The number of furan rings is 1. The molecule has 1 atom stereocenters. The first-order valence-electron chi connectivity index (χ1n) is 11.9. The first-order chi connectivity index (χ1) is 18.0. The molecule has 0 radical (unpaired) electrons. The Labute approximate surface area is 212 Å². The summed E-state index contributed by atoms with van der Waals surface area (Å²) in [7, 11) is 1.61. The number of aryl methyl sites for hydroxylation is 1. The summed E-state index contributed by atoms with van der Waals surface area (Å²) in [5, 5.41) is 13.3. The second kappa shape index (κ2) is 10.9. The molecule has 0 saturated carbocycles. The van der Waals surface area contributed by atoms with Crippen LogP contribution in [0.25, 0.3) is 10.9 Å². The van der Waals surface area contributed by atoms with Gasteiger partial charge in [-0.25, -0.2) is 9.07 Å². The van der Waals surface area contributed by atoms with Gasteiger partial charge in [-0.1, -0.05) is 24.3 Å². The molecule has 0 aliphatic rings. The first-order valence-corrected chi connectivity index (χ1v) is 11.9. The van der Waals surface area contributed by atoms with Crippen LogP contribution in [0.1, 0.15) is 34.3 Å². The van der Waals surface area contributed by atoms with Gasteiger partial charge in [-0.05, 0) is 70.3 Å². The van der Waals surface area contributed by atoms with Crippen LogP contribution in [0, 0.1) is 12.7 Å². The molecule has 3 heterocycles. The van der Waals surface area contributed by atoms with Crippen LogP contribution >= 0.6 is 0 Å². The Hall–Kier alpha value is -4.15. The van der Waals surface area contributed by atoms with Crippen molar-refractivity contribution in [2.45, 2.75) is 32.6 Å². The van der Waals surface area contributed by atoms with E-state index in [1.807, 2.05) is 48.2 Å². The molecule has 190 valence electrons. The van der Waals surface area contributed by atoms with E-state index in [2.05, 4.69) is 20.5 Å². The van der Waals surface area contributed by atoms with Crippen molar-refractivity contribution in [3.8, 4) is 0 Å². The Morgan fingerprint density at radius 2 is 1.97 bits per heavy atom. The van der Waals surface area contributed by atoms with Crippen LogP contribution in [0.2, 0.25) is 0 Å². The topological polar surface area (TPSA) is 102 Å². The Bertz CT molecular complexity index is 1530. The third-order valence-corrected chi connectivity index (χ3v) is 6.24. The van der Waals surface area contributed by atoms with Gasteiger partial charge < -0.3 is 14.1 Å². The number of rotatable bonds is 10. The maximum Gasteiger partial charge on any atom is 0.253 e. The molecule has 9 nitrogen and oxygen atoms in total. The molecule has 37 heavy (non-hydrogen) atoms. The molecular weight excluding hydrogens is 475 g/mol. The number of pyridine rings is 1. The fourth-order valence-electron chi connectivity index (χ4n) is 4.44. The number of fused-ring (bicyclic) bond motifs is 1. The first kappa shape index (κ1) is 24.5. The number of nitrogens with zero attached hydrogens (tertiary/aromatic N) is 5. The molecule has 5 aromatic rings. The molecule has 10 heteroatoms. The zero-order valence-electron chi connectivity index (χ0n) is 20.6. The maximum atomic E-state index is 13.7. The fraction of sp³-hybridized carbons (Fsp3) is 0.259. The molecule has 5 rings (SSSR count). The van der Waals surface area contributed by atoms with Crippen LogP contribution in [0.15, 0.2) is 76.1 Å². The normalized spacial score (nSPS) is 12.4. The maximum absolute atomic E-state index is 13.7. The summed E-state index contributed by atoms with van der Waals surface area (Å²) in [6.45, 7) is 3.53. The molecule has 0 aliphatic heterocycles. The summed E-state index contributed by atoms with van der Waals surface area (Å²) >= 11 is 0. The number of H-pyrrole nitrogens is 1. The van der Waals surface area contributed by atoms with Crippen LogP contribution < -0.4 is 5.56 Å². The van der Waals surface area contributed by atoms with Crippen LogP contribution in [-0.4, -0.2) is 43.8 Å². The summed E-state index contributed by atoms with van der Waals surface area (Å²) in [6.07, 6.45) is 1.61. The number of halogens is 1. The minimum absolute atomic E-state index is 0.243. The number of aromatic amines is 1. The van der Waals surface area contributed by atoms with Gasteiger partial charge in [0.05, 0.1) is 26.0 Å². The number of hydrogen-bond donors (Lipinski definition) is 1. The van der Waals surface area contributed by atoms with Crippen LogP contribution in [0.5, 0.6) is 0 Å². The Morgan fingerprint density at radius 3 is 2.73 bits per heavy atom. The number of methoxy groups -OCH3 is 1. The van der Waals surface area contributed by atoms with Crippen molar-refractivity contribution >= 4 is 10.9 Å². The smallest absolute Gasteiger partial charge is 0.253 e. The van der Waals surface area contributed by atoms with E-state index in [1.165, 1.54) is 12.1 Å². The molecular formula is C27H27FN6O3. The number of tetrazole rings is 1. The SMILES string of the molecule is COCCn1nnnc1[C@H](c1cc2ccc(C)cc2[nH]c1=O)N(Cc1ccc(F)cc1)Cc1ccco1. The van der Waals surface area contributed by atoms with E-state index in [4.69, 9.17) is 9.15 Å². The van der Waals surface area contributed by atoms with Gasteiger partial charge in [-0.2, -0.15) is 0 Å². The van der Waals surface area contributed by atoms with Crippen LogP contribution in [0.3, 0.4) is 0 Å². The molecule has 1 N–H and O–H groups in total. The van der Waals surface area contributed by atoms with Crippen molar-refractivity contribution in [1.82, 2.24) is 30.1 Å². The van der Waals surface area contributed by atoms with E-state index in [-0.39, 0.29) is 11.4 Å². The molecule has 0 fully saturated rings. The second-order valence-corrected chi connectivity index (χ2v) is 8.91. The van der Waals surface area contributed by atoms with Crippen molar-refractivity contribution in [3.63, 3.8) is 0 Å². The van der Waals surface area contributed by atoms with Crippen LogP contribution in [-0.2, 0) is 24.4 Å². The highest BCUT2D eigenvalue weighted by atomic mass is 19.1. The third kappa shape index (κ3) is 5.50. The summed E-state index contributed by atoms with van der Waals surface area (Å²) in [5.74, 6) is 0.876. The second-order valence-electron chi connectivity index (χ2n) is 8.91. The molecule has 0 amide bonds. The molecule has 3 aromatic heterocycles. The number of aromatic nitrogens is 5. The largest absolute Gasteiger partial charge is 0.468 e. The van der Waals surface area contributed by atoms with Crippen molar-refractivity contribution in [2.75, 3.05) is 13.7 Å². The molecule has 2 aromatic carbocycles. The van der Waals surface area contributed by atoms with E-state index < -0.39 is 6.04 Å². The van der Waals surface area contributed by atoms with Gasteiger partial charge in [0, 0.05) is 24.7 Å². The lowest BCUT2D eigenvalue weighted by molar-refractivity contribution is 0.163. The Morgan fingerprint density at radius 1 is 1.14 bits per heavy atom. The quantitative estimate of drug-likeness (QED) is 0.308. The fourth-order valence-corrected chi connectivity index (χ4v) is 4.44. The number of benzene rings is 2. The number of nitrogens with one attached hydrogen (secondary N) is 1. The highest BCUT2D eigenvalue weighted by Crippen LogP contribution is 2.30. The summed E-state index contributed by atoms with van der Waals surface area (Å²) in [4.78, 5) is 18.6. The lowest BCUT2D eigenvalue weighted by Gasteiger charge is -2.30. The van der Waals surface area contributed by atoms with Crippen molar-refractivity contribution in [1.29, 1.82) is 0 Å². The van der Waals surface area contributed by atoms with E-state index >= 15 is 0 Å². The number of ether oxygens (including phenoxy) is 1. The Kier molecular flexibility index (Phi) is 7.20. The van der Waals surface area contributed by atoms with Gasteiger partial charge in [0.25, 0.3) is 5.56 Å². The summed E-state index contributed by atoms with van der Waals surface area (Å²) in [6, 6.07) is 17.1. The van der Waals surface area contributed by atoms with Crippen molar-refractivity contribution in [3.05, 3.63) is 111 Å². The van der Waals surface area contributed by atoms with Gasteiger partial charge in [-0.15, -0.1) is 5.10 Å². The van der Waals surface area contributed by atoms with Crippen LogP contribution in [0.4, 0.5) is 4.39 Å². The lowest BCUT2D eigenvalue weighted by atomic mass is 10.0. The minimum Gasteiger partial charge on any atom is -0.468 e. The zero-order valence-corrected chi connectivity index (χ0v) is 20.6. The minimum atomic E-state index is -0.642. The van der Waals surface area contributed by atoms with E-state index in [9.17, 15) is 9.18 Å². The summed E-state index contributed by atoms with van der Waals surface area (Å²) in [5.41, 5.74) is 2.91. The highest BCUT2D eigenvalue weighted by Gasteiger charge is 2.31. The molecule has 0 unspecified atom stereocenters. The third-order valence-electron chi connectivity index (χ3n) is 6.24. The predicted molar refractivity (Wildman–Crippen MR) is 135 cm³/mol. The van der Waals surface area contributed by atoms with E-state index in [0.29, 0.717) is 43.4 Å². The lowest BCUT2D eigenvalue weighted by Crippen LogP contribution is -2.35. The number of hydrogen-bond acceptors (Lipinski definition) is 7. The van der Waals surface area contributed by atoms with E-state index in [0.717, 1.165) is 22.0 Å². The van der Waals surface area contributed by atoms with Gasteiger partial charge in [0.15, 0.2) is 5.82 Å². The summed E-state index contributed by atoms with van der Waals surface area (Å²) < 4.78 is 26.2. The van der Waals surface area contributed by atoms with Gasteiger partial charge in [-0.3, -0.25) is 9.69 Å². The average Bonchev–Trinajstić information content (AvgIpc) is 3.57. The van der Waals surface area contributed by atoms with Gasteiger partial charge >= 0.3 is 0 Å². The zero-order chi connectivity index (χ0) is 25.8. The monoisotopic (exact) mass is 502 g/mol. The molecule has 0 bridgehead atoms. The van der Waals surface area contributed by atoms with E-state index in [1.54, 1.807) is 30.2 Å². The van der Waals surface area contributed by atoms with Crippen molar-refractivity contribution in [2.24, 2.45) is 0 Å². The standard InChI is InChI=1S/C27H27FN6O3/c1-18-5-8-20-15-23(27(35)29-24(20)14-18)25(26-30-31-32-34(26)11-13-36-2)33(17-22-4-3-12-37-22)16-19-6-9-21(28)10-7-19/h3-10,12,14-15,25H,11,13,16-17H2,1-2H3,(H,29,35)/t25-/m0/s1.